The van der Waals surface area contributed by atoms with E-state index in [2.05, 4.69) is 10.0 Å². The van der Waals surface area contributed by atoms with Crippen molar-refractivity contribution in [2.45, 2.75) is 74.1 Å². The van der Waals surface area contributed by atoms with Gasteiger partial charge < -0.3 is 54.0 Å². The van der Waals surface area contributed by atoms with Crippen molar-refractivity contribution in [1.29, 1.82) is 0 Å². The summed E-state index contributed by atoms with van der Waals surface area (Å²) in [5.41, 5.74) is 9.04. The summed E-state index contributed by atoms with van der Waals surface area (Å²) < 4.78 is 34.0. The summed E-state index contributed by atoms with van der Waals surface area (Å²) >= 11 is 0. The minimum atomic E-state index is -1.58. The molecule has 0 bridgehead atoms. The molecule has 0 saturated carbocycles. The molecule has 0 aromatic heterocycles. The van der Waals surface area contributed by atoms with E-state index in [1.54, 1.807) is 0 Å². The predicted molar refractivity (Wildman–Crippen MR) is 118 cm³/mol. The zero-order valence-corrected chi connectivity index (χ0v) is 19.3. The van der Waals surface area contributed by atoms with Crippen LogP contribution in [0.1, 0.15) is 18.3 Å². The maximum absolute atomic E-state index is 10.7. The van der Waals surface area contributed by atoms with Crippen LogP contribution in [0.2, 0.25) is 0 Å². The molecular weight excluding hydrogens is 482 g/mol. The van der Waals surface area contributed by atoms with Crippen LogP contribution in [0.25, 0.3) is 10.4 Å². The van der Waals surface area contributed by atoms with E-state index in [4.69, 9.17) is 34.0 Å². The van der Waals surface area contributed by atoms with Crippen LogP contribution in [0.5, 0.6) is 0 Å². The van der Waals surface area contributed by atoms with Crippen molar-refractivity contribution in [2.24, 2.45) is 5.11 Å². The lowest BCUT2D eigenvalue weighted by molar-refractivity contribution is -0.385. The van der Waals surface area contributed by atoms with E-state index >= 15 is 0 Å². The molecule has 36 heavy (non-hydrogen) atoms. The highest BCUT2D eigenvalue weighted by Crippen LogP contribution is 2.36. The van der Waals surface area contributed by atoms with Gasteiger partial charge >= 0.3 is 0 Å². The first kappa shape index (κ1) is 27.1. The molecule has 200 valence electrons. The summed E-state index contributed by atoms with van der Waals surface area (Å²) in [4.78, 5) is 2.63. The molecule has 1 aromatic rings. The topological polar surface area (TPSA) is 205 Å². The Hall–Kier alpha value is -1.91. The van der Waals surface area contributed by atoms with Gasteiger partial charge in [-0.1, -0.05) is 35.4 Å². The lowest BCUT2D eigenvalue weighted by Crippen LogP contribution is -2.65. The second kappa shape index (κ2) is 12.6. The highest BCUT2D eigenvalue weighted by Gasteiger charge is 2.53. The Kier molecular flexibility index (Phi) is 9.47. The van der Waals surface area contributed by atoms with Gasteiger partial charge in [0.25, 0.3) is 0 Å². The molecule has 0 spiro atoms. The van der Waals surface area contributed by atoms with Crippen LogP contribution >= 0.6 is 0 Å². The number of benzene rings is 1. The molecule has 5 unspecified atom stereocenters. The first-order valence-electron chi connectivity index (χ1n) is 11.7. The van der Waals surface area contributed by atoms with Crippen molar-refractivity contribution < 1.29 is 54.0 Å². The van der Waals surface area contributed by atoms with Gasteiger partial charge in [-0.15, -0.1) is 0 Å². The number of fused-ring (bicyclic) bond motifs is 1. The Balaban J connectivity index is 1.36. The Bertz CT molecular complexity index is 872. The number of rotatable bonds is 9. The third-order valence-electron chi connectivity index (χ3n) is 6.26. The summed E-state index contributed by atoms with van der Waals surface area (Å²) in [5.74, 6) is 0. The maximum Gasteiger partial charge on any atom is 0.187 e. The van der Waals surface area contributed by atoms with E-state index in [1.807, 2.05) is 30.3 Å². The Morgan fingerprint density at radius 2 is 1.72 bits per heavy atom. The standard InChI is InChI=1S/C22H31N3O11/c23-25-24-7-4-8-31-21-16(29)14(27)18(12(9-26)33-21)36-22-17(30)15(28)19-13(34-22)10-32-20(35-19)11-5-2-1-3-6-11/h1-3,5-6,12-22,26-30H,4,7-10H2/t12-,13?,14?,15+,16?,17?,18+,19-,20?,21+,22-/m0/s1. The van der Waals surface area contributed by atoms with Gasteiger partial charge in [-0.2, -0.15) is 0 Å². The number of nitrogens with zero attached hydrogens (tertiary/aromatic N) is 3. The number of aliphatic hydroxyl groups is 5. The van der Waals surface area contributed by atoms with Gasteiger partial charge in [0.1, 0.15) is 48.8 Å². The predicted octanol–water partition coefficient (Wildman–Crippen LogP) is -0.911. The molecule has 14 nitrogen and oxygen atoms in total. The number of hydrogen-bond donors (Lipinski definition) is 5. The van der Waals surface area contributed by atoms with E-state index < -0.39 is 74.3 Å². The molecule has 3 heterocycles. The minimum Gasteiger partial charge on any atom is -0.394 e. The fourth-order valence-electron chi connectivity index (χ4n) is 4.36. The van der Waals surface area contributed by atoms with E-state index in [0.29, 0.717) is 6.42 Å². The zero-order chi connectivity index (χ0) is 25.7. The molecule has 14 heteroatoms. The van der Waals surface area contributed by atoms with Crippen LogP contribution < -0.4 is 0 Å². The van der Waals surface area contributed by atoms with E-state index in [-0.39, 0.29) is 19.8 Å². The fraction of sp³-hybridized carbons (Fsp3) is 0.727. The summed E-state index contributed by atoms with van der Waals surface area (Å²) in [7, 11) is 0. The molecule has 0 amide bonds. The van der Waals surface area contributed by atoms with Crippen molar-refractivity contribution in [3.63, 3.8) is 0 Å². The third kappa shape index (κ3) is 5.97. The maximum atomic E-state index is 10.7. The third-order valence-corrected chi connectivity index (χ3v) is 6.26. The quantitative estimate of drug-likeness (QED) is 0.118. The summed E-state index contributed by atoms with van der Waals surface area (Å²) in [6, 6.07) is 9.11. The number of hydrogen-bond acceptors (Lipinski definition) is 12. The molecule has 3 saturated heterocycles. The average Bonchev–Trinajstić information content (AvgIpc) is 2.91. The van der Waals surface area contributed by atoms with E-state index in [9.17, 15) is 25.5 Å². The van der Waals surface area contributed by atoms with E-state index in [1.165, 1.54) is 0 Å². The molecule has 0 aliphatic carbocycles. The number of ether oxygens (including phenoxy) is 6. The molecule has 3 aliphatic rings. The van der Waals surface area contributed by atoms with Crippen molar-refractivity contribution in [2.75, 3.05) is 26.4 Å². The van der Waals surface area contributed by atoms with Gasteiger partial charge in [0.15, 0.2) is 18.9 Å². The van der Waals surface area contributed by atoms with Gasteiger partial charge in [0.05, 0.1) is 13.2 Å². The van der Waals surface area contributed by atoms with Crippen LogP contribution in [0, 0.1) is 0 Å². The highest BCUT2D eigenvalue weighted by molar-refractivity contribution is 5.16. The molecule has 4 rings (SSSR count). The SMILES string of the molecule is [N-]=[N+]=NCCCO[C@@H]1O[C@@H](CO)[C@@H](O[C@@H]2OC3COC(c4ccccc4)O[C@@H]3[C@H](O)C2O)C(O)C1O. The Morgan fingerprint density at radius 3 is 2.44 bits per heavy atom. The molecule has 1 aromatic carbocycles. The minimum absolute atomic E-state index is 0.0371. The van der Waals surface area contributed by atoms with Crippen LogP contribution in [0.15, 0.2) is 35.4 Å². The molecule has 11 atom stereocenters. The normalized spacial score (nSPS) is 40.8. The monoisotopic (exact) mass is 513 g/mol. The second-order valence-corrected chi connectivity index (χ2v) is 8.69. The highest BCUT2D eigenvalue weighted by atomic mass is 16.8. The molecule has 3 aliphatic heterocycles. The van der Waals surface area contributed by atoms with Crippen molar-refractivity contribution in [3.8, 4) is 0 Å². The fourth-order valence-corrected chi connectivity index (χ4v) is 4.36. The Labute approximate surface area is 206 Å². The van der Waals surface area contributed by atoms with Gasteiger partial charge in [-0.25, -0.2) is 0 Å². The number of azide groups is 1. The Morgan fingerprint density at radius 1 is 0.972 bits per heavy atom. The molecule has 3 fully saturated rings. The van der Waals surface area contributed by atoms with Gasteiger partial charge in [-0.05, 0) is 12.0 Å². The van der Waals surface area contributed by atoms with Crippen LogP contribution in [-0.4, -0.2) is 113 Å². The lowest BCUT2D eigenvalue weighted by atomic mass is 9.96. The number of aliphatic hydroxyl groups excluding tert-OH is 5. The van der Waals surface area contributed by atoms with Crippen molar-refractivity contribution in [1.82, 2.24) is 0 Å². The summed E-state index contributed by atoms with van der Waals surface area (Å²) in [6.45, 7) is -0.316. The molecular formula is C22H31N3O11. The zero-order valence-electron chi connectivity index (χ0n) is 19.3. The largest absolute Gasteiger partial charge is 0.394 e. The first-order chi connectivity index (χ1) is 17.4. The van der Waals surface area contributed by atoms with Gasteiger partial charge in [0.2, 0.25) is 0 Å². The summed E-state index contributed by atoms with van der Waals surface area (Å²) in [6.07, 6.45) is -13.4. The second-order valence-electron chi connectivity index (χ2n) is 8.69. The van der Waals surface area contributed by atoms with Gasteiger partial charge in [0, 0.05) is 23.6 Å². The molecule has 0 radical (unpaired) electrons. The van der Waals surface area contributed by atoms with Crippen molar-refractivity contribution >= 4 is 0 Å². The van der Waals surface area contributed by atoms with E-state index in [0.717, 1.165) is 5.56 Å². The van der Waals surface area contributed by atoms with Crippen molar-refractivity contribution in [3.05, 3.63) is 46.3 Å². The van der Waals surface area contributed by atoms with Gasteiger partial charge in [-0.3, -0.25) is 0 Å². The lowest BCUT2D eigenvalue weighted by Gasteiger charge is -2.48. The first-order valence-corrected chi connectivity index (χ1v) is 11.7. The van der Waals surface area contributed by atoms with Crippen LogP contribution in [0.4, 0.5) is 0 Å². The van der Waals surface area contributed by atoms with Crippen LogP contribution in [-0.2, 0) is 28.4 Å². The average molecular weight is 514 g/mol. The smallest absolute Gasteiger partial charge is 0.187 e. The summed E-state index contributed by atoms with van der Waals surface area (Å²) in [5, 5.41) is 55.7. The van der Waals surface area contributed by atoms with Crippen LogP contribution in [0.3, 0.4) is 0 Å². The molecule has 5 N–H and O–H groups in total.